The normalized spacial score (nSPS) is 14.3. The lowest BCUT2D eigenvalue weighted by Crippen LogP contribution is -2.29. The molecule has 18 aromatic carbocycles. The summed E-state index contributed by atoms with van der Waals surface area (Å²) in [5.74, 6) is 2.16. The van der Waals surface area contributed by atoms with Gasteiger partial charge in [-0.3, -0.25) is 0 Å². The summed E-state index contributed by atoms with van der Waals surface area (Å²) in [6.45, 7) is 7.88. The smallest absolute Gasteiger partial charge is 0.136 e. The second kappa shape index (κ2) is 29.6. The van der Waals surface area contributed by atoms with E-state index in [1.807, 2.05) is 146 Å². The Kier molecular flexibility index (Phi) is 17.6. The SMILES string of the molecule is C=Cc1ccc(Oc2ccc(C3(c4ccc(F)cc4)c4ccccc4-c4ccc(N(c5ccc(-c6ccc(N(c7cccc(-c8cccc9oc%10ccccc%10c89)c7)c7ccc8c(c7)C(c7ccc(F)cc7)(c7ccc(Oc9ccc(C=C)cc9)cc7)c7ccccc7-8)cc6)cc5)c5cccc(-c6cccc7oc8ccccc8c67)c5)cc43)cc2)cc1. The molecule has 20 aromatic rings. The molecule has 2 aliphatic rings. The maximum atomic E-state index is 15.5. The molecule has 6 nitrogen and oxygen atoms in total. The average Bonchev–Trinajstić information content (AvgIpc) is 1.54. The fourth-order valence-corrected chi connectivity index (χ4v) is 19.1. The molecule has 2 atom stereocenters. The average molecular weight is 1570 g/mol. The zero-order valence-electron chi connectivity index (χ0n) is 66.1. The van der Waals surface area contributed by atoms with Gasteiger partial charge in [-0.1, -0.05) is 268 Å². The molecule has 2 unspecified atom stereocenters. The van der Waals surface area contributed by atoms with Crippen molar-refractivity contribution in [1.29, 1.82) is 0 Å². The molecule has 122 heavy (non-hydrogen) atoms. The zero-order valence-corrected chi connectivity index (χ0v) is 66.1. The first-order valence-corrected chi connectivity index (χ1v) is 41.0. The Bertz CT molecular complexity index is 7030. The van der Waals surface area contributed by atoms with E-state index in [-0.39, 0.29) is 11.6 Å². The van der Waals surface area contributed by atoms with Gasteiger partial charge in [0.2, 0.25) is 0 Å². The number of benzene rings is 18. The van der Waals surface area contributed by atoms with E-state index >= 15 is 8.78 Å². The van der Waals surface area contributed by atoms with Gasteiger partial charge in [-0.05, 0) is 281 Å². The van der Waals surface area contributed by atoms with E-state index in [1.54, 1.807) is 24.3 Å². The van der Waals surface area contributed by atoms with Crippen LogP contribution in [0, 0.1) is 11.6 Å². The van der Waals surface area contributed by atoms with Gasteiger partial charge < -0.3 is 28.1 Å². The molecule has 2 aromatic heterocycles. The minimum absolute atomic E-state index is 0.315. The molecule has 0 bridgehead atoms. The van der Waals surface area contributed by atoms with Gasteiger partial charge >= 0.3 is 0 Å². The van der Waals surface area contributed by atoms with Crippen LogP contribution >= 0.6 is 0 Å². The van der Waals surface area contributed by atoms with Crippen molar-refractivity contribution in [3.05, 3.63) is 493 Å². The molecule has 0 amide bonds. The molecule has 0 saturated carbocycles. The molecule has 22 rings (SSSR count). The maximum Gasteiger partial charge on any atom is 0.136 e. The summed E-state index contributed by atoms with van der Waals surface area (Å²) in [5, 5.41) is 4.20. The van der Waals surface area contributed by atoms with Crippen LogP contribution in [-0.4, -0.2) is 0 Å². The molecule has 0 N–H and O–H groups in total. The van der Waals surface area contributed by atoms with E-state index in [1.165, 1.54) is 0 Å². The van der Waals surface area contributed by atoms with Gasteiger partial charge in [0.05, 0.1) is 10.8 Å². The second-order valence-electron chi connectivity index (χ2n) is 31.3. The van der Waals surface area contributed by atoms with Crippen molar-refractivity contribution in [2.24, 2.45) is 0 Å². The third kappa shape index (κ3) is 12.1. The third-order valence-electron chi connectivity index (χ3n) is 24.6. The molecule has 8 heteroatoms. The Labute approximate surface area is 704 Å². The predicted octanol–water partition coefficient (Wildman–Crippen LogP) is 31.3. The molecule has 0 radical (unpaired) electrons. The number of hydrogen-bond acceptors (Lipinski definition) is 6. The number of anilines is 6. The lowest BCUT2D eigenvalue weighted by molar-refractivity contribution is 0.482. The summed E-state index contributed by atoms with van der Waals surface area (Å²) in [6, 6.07) is 142. The van der Waals surface area contributed by atoms with Crippen LogP contribution in [0.5, 0.6) is 23.0 Å². The molecule has 2 aliphatic carbocycles. The van der Waals surface area contributed by atoms with Gasteiger partial charge in [0.1, 0.15) is 57.0 Å². The van der Waals surface area contributed by atoms with Crippen LogP contribution in [0.4, 0.5) is 42.9 Å². The third-order valence-corrected chi connectivity index (χ3v) is 24.6. The lowest BCUT2D eigenvalue weighted by atomic mass is 9.67. The fourth-order valence-electron chi connectivity index (χ4n) is 19.1. The molecular formula is C114H74F2N2O4. The molecular weight excluding hydrogens is 1500 g/mol. The van der Waals surface area contributed by atoms with E-state index < -0.39 is 10.8 Å². The van der Waals surface area contributed by atoms with Gasteiger partial charge in [0.15, 0.2) is 0 Å². The molecule has 0 saturated heterocycles. The number of para-hydroxylation sites is 2. The van der Waals surface area contributed by atoms with E-state index in [0.717, 1.165) is 189 Å². The lowest BCUT2D eigenvalue weighted by Gasteiger charge is -2.35. The van der Waals surface area contributed by atoms with Crippen molar-refractivity contribution in [2.75, 3.05) is 9.80 Å². The predicted molar refractivity (Wildman–Crippen MR) is 494 cm³/mol. The van der Waals surface area contributed by atoms with E-state index in [0.29, 0.717) is 23.0 Å². The Morgan fingerprint density at radius 1 is 0.246 bits per heavy atom. The number of ether oxygens (including phenoxy) is 2. The van der Waals surface area contributed by atoms with Gasteiger partial charge in [0, 0.05) is 55.7 Å². The highest BCUT2D eigenvalue weighted by atomic mass is 19.1. The first kappa shape index (κ1) is 72.5. The summed E-state index contributed by atoms with van der Waals surface area (Å²) in [4.78, 5) is 4.71. The van der Waals surface area contributed by atoms with Gasteiger partial charge in [0.25, 0.3) is 0 Å². The van der Waals surface area contributed by atoms with Crippen LogP contribution < -0.4 is 19.3 Å². The number of fused-ring (bicyclic) bond motifs is 12. The second-order valence-corrected chi connectivity index (χ2v) is 31.3. The number of hydrogen-bond donors (Lipinski definition) is 0. The zero-order chi connectivity index (χ0) is 81.6. The highest BCUT2D eigenvalue weighted by molar-refractivity contribution is 6.14. The van der Waals surface area contributed by atoms with Crippen LogP contribution in [-0.2, 0) is 10.8 Å². The maximum absolute atomic E-state index is 15.5. The summed E-state index contributed by atoms with van der Waals surface area (Å²) in [5.41, 5.74) is 27.7. The van der Waals surface area contributed by atoms with Crippen LogP contribution in [0.25, 0.3) is 112 Å². The fraction of sp³-hybridized carbons (Fsp3) is 0.0175. The number of rotatable bonds is 19. The van der Waals surface area contributed by atoms with Gasteiger partial charge in [-0.2, -0.15) is 0 Å². The van der Waals surface area contributed by atoms with Gasteiger partial charge in [-0.15, -0.1) is 0 Å². The van der Waals surface area contributed by atoms with E-state index in [9.17, 15) is 0 Å². The largest absolute Gasteiger partial charge is 0.457 e. The minimum Gasteiger partial charge on any atom is -0.457 e. The number of halogens is 2. The van der Waals surface area contributed by atoms with Gasteiger partial charge in [-0.25, -0.2) is 8.78 Å². The van der Waals surface area contributed by atoms with Crippen molar-refractivity contribution in [3.63, 3.8) is 0 Å². The minimum atomic E-state index is -0.908. The van der Waals surface area contributed by atoms with Crippen LogP contribution in [0.2, 0.25) is 0 Å². The first-order chi connectivity index (χ1) is 60.1. The molecule has 0 spiro atoms. The first-order valence-electron chi connectivity index (χ1n) is 41.0. The Hall–Kier alpha value is -15.9. The standard InChI is InChI=1S/C114H74F2N2O4/c1-3-73-33-59-91(60-34-73)119-93-63-45-81(46-64-93)113(79-41-49-83(115)50-42-79)103-27-9-5-21-97(103)99-67-57-89(71-105(99)113)117(87-19-13-17-77(69-87)95-25-15-31-109-111(95)101-23-7-11-29-107(101)121-109)85-53-37-75(38-54-85)76-39-55-86(56-40-76)118(88-20-14-18-78(70-88)96-26-16-32-110-112(96)102-24-8-12-30-108(102)122-110)90-58-68-100-98-22-6-10-28-104(98)114(106(100)72-90,80-43-51-84(116)52-44-80)82-47-65-94(66-48-82)120-92-61-35-74(4-2)36-62-92/h3-72H,1-2H2. The highest BCUT2D eigenvalue weighted by Gasteiger charge is 2.48. The van der Waals surface area contributed by atoms with E-state index in [4.69, 9.17) is 18.3 Å². The molecule has 2 heterocycles. The van der Waals surface area contributed by atoms with Crippen molar-refractivity contribution in [3.8, 4) is 78.6 Å². The Balaban J connectivity index is 0.681. The molecule has 578 valence electrons. The topological polar surface area (TPSA) is 51.2 Å². The summed E-state index contributed by atoms with van der Waals surface area (Å²) >= 11 is 0. The Morgan fingerprint density at radius 3 is 0.951 bits per heavy atom. The Morgan fingerprint density at radius 2 is 0.557 bits per heavy atom. The quantitative estimate of drug-likeness (QED) is 0.0804. The van der Waals surface area contributed by atoms with Crippen LogP contribution in [0.3, 0.4) is 0 Å². The summed E-state index contributed by atoms with van der Waals surface area (Å²) < 4.78 is 57.0. The van der Waals surface area contributed by atoms with E-state index in [2.05, 4.69) is 278 Å². The number of nitrogens with zero attached hydrogens (tertiary/aromatic N) is 2. The van der Waals surface area contributed by atoms with Crippen molar-refractivity contribution < 1.29 is 27.1 Å². The number of furan rings is 2. The molecule has 0 aliphatic heterocycles. The van der Waals surface area contributed by atoms with Crippen molar-refractivity contribution >= 4 is 90.2 Å². The van der Waals surface area contributed by atoms with Crippen molar-refractivity contribution in [2.45, 2.75) is 10.8 Å². The molecule has 0 fully saturated rings. The monoisotopic (exact) mass is 1570 g/mol. The van der Waals surface area contributed by atoms with Crippen LogP contribution in [0.15, 0.2) is 435 Å². The summed E-state index contributed by atoms with van der Waals surface area (Å²) in [6.07, 6.45) is 3.64. The van der Waals surface area contributed by atoms with Crippen molar-refractivity contribution in [1.82, 2.24) is 0 Å². The highest BCUT2D eigenvalue weighted by Crippen LogP contribution is 2.60. The van der Waals surface area contributed by atoms with Crippen LogP contribution in [0.1, 0.15) is 55.6 Å². The summed E-state index contributed by atoms with van der Waals surface area (Å²) in [7, 11) is 0.